The fourth-order valence-corrected chi connectivity index (χ4v) is 2.63. The van der Waals surface area contributed by atoms with Gasteiger partial charge in [0.25, 0.3) is 0 Å². The van der Waals surface area contributed by atoms with Gasteiger partial charge >= 0.3 is 0 Å². The van der Waals surface area contributed by atoms with E-state index < -0.39 is 0 Å². The van der Waals surface area contributed by atoms with Crippen molar-refractivity contribution in [2.45, 2.75) is 13.3 Å². The Kier molecular flexibility index (Phi) is 3.67. The van der Waals surface area contributed by atoms with Crippen molar-refractivity contribution in [1.29, 1.82) is 5.26 Å². The SMILES string of the molecule is CC(=O)C(C#N)=C1CC=Cc2ncc(-c3ccccc3)cc21. The van der Waals surface area contributed by atoms with E-state index in [0.29, 0.717) is 6.42 Å². The number of pyridine rings is 1. The lowest BCUT2D eigenvalue weighted by atomic mass is 9.89. The van der Waals surface area contributed by atoms with Crippen LogP contribution in [0.5, 0.6) is 0 Å². The summed E-state index contributed by atoms with van der Waals surface area (Å²) >= 11 is 0. The molecular formula is C19H14N2O. The fraction of sp³-hybridized carbons (Fsp3) is 0.105. The van der Waals surface area contributed by atoms with Crippen LogP contribution in [0.3, 0.4) is 0 Å². The summed E-state index contributed by atoms with van der Waals surface area (Å²) in [7, 11) is 0. The molecule has 0 atom stereocenters. The predicted octanol–water partition coefficient (Wildman–Crippen LogP) is 4.03. The van der Waals surface area contributed by atoms with Gasteiger partial charge in [-0.05, 0) is 36.6 Å². The maximum absolute atomic E-state index is 11.7. The van der Waals surface area contributed by atoms with Gasteiger partial charge in [-0.1, -0.05) is 36.4 Å². The Morgan fingerprint density at radius 3 is 2.68 bits per heavy atom. The maximum Gasteiger partial charge on any atom is 0.170 e. The minimum absolute atomic E-state index is 0.205. The Bertz CT molecular complexity index is 839. The Labute approximate surface area is 129 Å². The second kappa shape index (κ2) is 5.79. The van der Waals surface area contributed by atoms with Crippen LogP contribution < -0.4 is 0 Å². The average Bonchev–Trinajstić information content (AvgIpc) is 2.56. The van der Waals surface area contributed by atoms with Crippen molar-refractivity contribution in [2.24, 2.45) is 0 Å². The molecule has 0 bridgehead atoms. The van der Waals surface area contributed by atoms with Crippen molar-refractivity contribution in [2.75, 3.05) is 0 Å². The number of ketones is 1. The molecule has 0 unspecified atom stereocenters. The molecule has 3 rings (SSSR count). The van der Waals surface area contributed by atoms with Gasteiger partial charge in [0.15, 0.2) is 5.78 Å². The van der Waals surface area contributed by atoms with Gasteiger partial charge in [-0.25, -0.2) is 0 Å². The molecule has 1 heterocycles. The van der Waals surface area contributed by atoms with Crippen LogP contribution >= 0.6 is 0 Å². The molecule has 0 saturated carbocycles. The normalized spacial score (nSPS) is 14.9. The van der Waals surface area contributed by atoms with Gasteiger partial charge in [0, 0.05) is 17.3 Å². The highest BCUT2D eigenvalue weighted by Gasteiger charge is 2.19. The average molecular weight is 286 g/mol. The van der Waals surface area contributed by atoms with Gasteiger partial charge in [-0.3, -0.25) is 9.78 Å². The van der Waals surface area contributed by atoms with Crippen molar-refractivity contribution < 1.29 is 4.79 Å². The molecule has 0 spiro atoms. The second-order valence-corrected chi connectivity index (χ2v) is 5.15. The Hall–Kier alpha value is -2.99. The third-order valence-corrected chi connectivity index (χ3v) is 3.71. The zero-order chi connectivity index (χ0) is 15.5. The largest absolute Gasteiger partial charge is 0.294 e. The summed E-state index contributed by atoms with van der Waals surface area (Å²) in [6.07, 6.45) is 6.27. The highest BCUT2D eigenvalue weighted by molar-refractivity contribution is 6.06. The number of aromatic nitrogens is 1. The predicted molar refractivity (Wildman–Crippen MR) is 86.5 cm³/mol. The van der Waals surface area contributed by atoms with E-state index >= 15 is 0 Å². The molecule has 3 heteroatoms. The number of nitriles is 1. The van der Waals surface area contributed by atoms with Crippen LogP contribution in [0.1, 0.15) is 24.6 Å². The summed E-state index contributed by atoms with van der Waals surface area (Å²) in [5, 5.41) is 9.29. The fourth-order valence-electron chi connectivity index (χ4n) is 2.63. The second-order valence-electron chi connectivity index (χ2n) is 5.15. The summed E-state index contributed by atoms with van der Waals surface area (Å²) in [4.78, 5) is 16.2. The summed E-state index contributed by atoms with van der Waals surface area (Å²) in [6.45, 7) is 1.43. The van der Waals surface area contributed by atoms with E-state index in [1.54, 1.807) is 0 Å². The molecule has 0 radical (unpaired) electrons. The number of Topliss-reactive ketones (excluding diaryl/α,β-unsaturated/α-hetero) is 1. The van der Waals surface area contributed by atoms with Crippen molar-refractivity contribution in [3.8, 4) is 17.2 Å². The quantitative estimate of drug-likeness (QED) is 0.618. The van der Waals surface area contributed by atoms with Crippen LogP contribution in [0, 0.1) is 11.3 Å². The molecule has 0 amide bonds. The molecule has 106 valence electrons. The Balaban J connectivity index is 2.20. The van der Waals surface area contributed by atoms with Crippen LogP contribution in [-0.4, -0.2) is 10.8 Å². The summed E-state index contributed by atoms with van der Waals surface area (Å²) in [5.41, 5.74) is 4.70. The molecular weight excluding hydrogens is 272 g/mol. The third-order valence-electron chi connectivity index (χ3n) is 3.71. The van der Waals surface area contributed by atoms with Gasteiger partial charge in [-0.2, -0.15) is 5.26 Å². The summed E-state index contributed by atoms with van der Waals surface area (Å²) in [6, 6.07) is 14.0. The molecule has 3 nitrogen and oxygen atoms in total. The monoisotopic (exact) mass is 286 g/mol. The van der Waals surface area contributed by atoms with Crippen molar-refractivity contribution in [3.63, 3.8) is 0 Å². The molecule has 0 fully saturated rings. The van der Waals surface area contributed by atoms with E-state index in [4.69, 9.17) is 0 Å². The number of allylic oxidation sites excluding steroid dienone is 3. The van der Waals surface area contributed by atoms with E-state index in [9.17, 15) is 10.1 Å². The van der Waals surface area contributed by atoms with Crippen molar-refractivity contribution in [3.05, 3.63) is 65.5 Å². The number of hydrogen-bond donors (Lipinski definition) is 0. The van der Waals surface area contributed by atoms with Crippen LogP contribution in [0.25, 0.3) is 22.8 Å². The van der Waals surface area contributed by atoms with Crippen LogP contribution in [0.15, 0.2) is 54.2 Å². The maximum atomic E-state index is 11.7. The van der Waals surface area contributed by atoms with E-state index in [1.807, 2.05) is 60.8 Å². The number of hydrogen-bond acceptors (Lipinski definition) is 3. The summed E-state index contributed by atoms with van der Waals surface area (Å²) in [5.74, 6) is -0.205. The minimum Gasteiger partial charge on any atom is -0.294 e. The zero-order valence-electron chi connectivity index (χ0n) is 12.2. The summed E-state index contributed by atoms with van der Waals surface area (Å²) < 4.78 is 0. The highest BCUT2D eigenvalue weighted by Crippen LogP contribution is 2.33. The van der Waals surface area contributed by atoms with E-state index in [1.165, 1.54) is 6.92 Å². The first kappa shape index (κ1) is 14.0. The topological polar surface area (TPSA) is 53.8 Å². The molecule has 2 aromatic rings. The molecule has 1 aromatic carbocycles. The van der Waals surface area contributed by atoms with Gasteiger partial charge in [0.1, 0.15) is 6.07 Å². The molecule has 0 saturated heterocycles. The molecule has 1 aliphatic rings. The number of carbonyl (C=O) groups is 1. The number of rotatable bonds is 2. The van der Waals surface area contributed by atoms with Crippen LogP contribution in [0.4, 0.5) is 0 Å². The van der Waals surface area contributed by atoms with Gasteiger partial charge in [-0.15, -0.1) is 0 Å². The van der Waals surface area contributed by atoms with E-state index in [2.05, 4.69) is 4.98 Å². The standard InChI is InChI=1S/C19H14N2O/c1-13(22)18(11-20)16-8-5-9-19-17(16)10-15(12-21-19)14-6-3-2-4-7-14/h2-7,9-10,12H,8H2,1H3. The lowest BCUT2D eigenvalue weighted by Gasteiger charge is -2.16. The Morgan fingerprint density at radius 1 is 1.23 bits per heavy atom. The van der Waals surface area contributed by atoms with Crippen molar-refractivity contribution >= 4 is 17.4 Å². The lowest BCUT2D eigenvalue weighted by molar-refractivity contribution is -0.113. The number of nitrogens with zero attached hydrogens (tertiary/aromatic N) is 2. The first-order valence-corrected chi connectivity index (χ1v) is 7.07. The van der Waals surface area contributed by atoms with Crippen molar-refractivity contribution in [1.82, 2.24) is 4.98 Å². The van der Waals surface area contributed by atoms with Crippen LogP contribution in [-0.2, 0) is 4.79 Å². The molecule has 1 aliphatic carbocycles. The first-order chi connectivity index (χ1) is 10.7. The van der Waals surface area contributed by atoms with E-state index in [0.717, 1.165) is 28.0 Å². The molecule has 0 aliphatic heterocycles. The minimum atomic E-state index is -0.205. The molecule has 22 heavy (non-hydrogen) atoms. The molecule has 0 N–H and O–H groups in total. The van der Waals surface area contributed by atoms with E-state index in [-0.39, 0.29) is 11.4 Å². The van der Waals surface area contributed by atoms with Gasteiger partial charge in [0.05, 0.1) is 11.3 Å². The van der Waals surface area contributed by atoms with Gasteiger partial charge in [0.2, 0.25) is 0 Å². The van der Waals surface area contributed by atoms with Crippen LogP contribution in [0.2, 0.25) is 0 Å². The first-order valence-electron chi connectivity index (χ1n) is 7.07. The smallest absolute Gasteiger partial charge is 0.170 e. The highest BCUT2D eigenvalue weighted by atomic mass is 16.1. The molecule has 1 aromatic heterocycles. The number of benzene rings is 1. The Morgan fingerprint density at radius 2 is 2.00 bits per heavy atom. The number of fused-ring (bicyclic) bond motifs is 1. The lowest BCUT2D eigenvalue weighted by Crippen LogP contribution is -2.04. The number of carbonyl (C=O) groups excluding carboxylic acids is 1. The van der Waals surface area contributed by atoms with Gasteiger partial charge < -0.3 is 0 Å². The third kappa shape index (κ3) is 2.47. The zero-order valence-corrected chi connectivity index (χ0v) is 12.2.